The Morgan fingerprint density at radius 3 is 2.77 bits per heavy atom. The highest BCUT2D eigenvalue weighted by atomic mass is 32.1. The normalized spacial score (nSPS) is 21.0. The van der Waals surface area contributed by atoms with Crippen molar-refractivity contribution in [1.82, 2.24) is 9.80 Å². The molecular weight excluding hydrogens is 296 g/mol. The summed E-state index contributed by atoms with van der Waals surface area (Å²) in [5.74, 6) is 0.691. The average Bonchev–Trinajstić information content (AvgIpc) is 2.95. The molecule has 0 aliphatic carbocycles. The minimum atomic E-state index is -0.0673. The molecule has 1 amide bonds. The van der Waals surface area contributed by atoms with Gasteiger partial charge in [0.25, 0.3) is 5.91 Å². The number of nitrogens with zero attached hydrogens (tertiary/aromatic N) is 2. The summed E-state index contributed by atoms with van der Waals surface area (Å²) < 4.78 is 5.80. The molecular formula is C17H28N2O2S. The average molecular weight is 324 g/mol. The molecule has 1 aromatic rings. The van der Waals surface area contributed by atoms with E-state index in [-0.39, 0.29) is 11.5 Å². The van der Waals surface area contributed by atoms with E-state index in [1.165, 1.54) is 11.3 Å². The first kappa shape index (κ1) is 17.4. The molecule has 0 bridgehead atoms. The Labute approximate surface area is 138 Å². The Morgan fingerprint density at radius 2 is 2.18 bits per heavy atom. The molecule has 0 N–H and O–H groups in total. The highest BCUT2D eigenvalue weighted by Gasteiger charge is 2.31. The van der Waals surface area contributed by atoms with Gasteiger partial charge < -0.3 is 14.5 Å². The lowest BCUT2D eigenvalue weighted by Gasteiger charge is -2.38. The van der Waals surface area contributed by atoms with Crippen LogP contribution in [0.25, 0.3) is 0 Å². The molecule has 0 saturated carbocycles. The maximum atomic E-state index is 12.7. The Kier molecular flexibility index (Phi) is 6.01. The van der Waals surface area contributed by atoms with E-state index in [2.05, 4.69) is 18.7 Å². The molecule has 1 unspecified atom stereocenters. The summed E-state index contributed by atoms with van der Waals surface area (Å²) in [6, 6.07) is 3.86. The van der Waals surface area contributed by atoms with Crippen LogP contribution in [-0.4, -0.2) is 61.6 Å². The third-order valence-electron chi connectivity index (χ3n) is 4.11. The lowest BCUT2D eigenvalue weighted by atomic mass is 9.88. The first-order valence-electron chi connectivity index (χ1n) is 7.99. The fourth-order valence-electron chi connectivity index (χ4n) is 2.98. The first-order valence-corrected chi connectivity index (χ1v) is 8.87. The Balaban J connectivity index is 2.02. The molecule has 1 saturated heterocycles. The zero-order valence-electron chi connectivity index (χ0n) is 14.2. The maximum absolute atomic E-state index is 12.7. The van der Waals surface area contributed by atoms with E-state index in [9.17, 15) is 4.79 Å². The molecule has 0 spiro atoms. The summed E-state index contributed by atoms with van der Waals surface area (Å²) in [5.41, 5.74) is -0.0673. The zero-order chi connectivity index (χ0) is 16.2. The molecule has 4 nitrogen and oxygen atoms in total. The molecule has 1 aromatic heterocycles. The second kappa shape index (κ2) is 7.57. The topological polar surface area (TPSA) is 32.8 Å². The number of thiophene rings is 1. The summed E-state index contributed by atoms with van der Waals surface area (Å²) in [7, 11) is 4.09. The summed E-state index contributed by atoms with van der Waals surface area (Å²) in [6.07, 6.45) is 2.06. The van der Waals surface area contributed by atoms with Crippen molar-refractivity contribution in [3.05, 3.63) is 22.4 Å². The second-order valence-corrected chi connectivity index (χ2v) is 7.95. The van der Waals surface area contributed by atoms with E-state index in [0.717, 1.165) is 44.0 Å². The molecule has 5 heteroatoms. The minimum Gasteiger partial charge on any atom is -0.376 e. The molecule has 0 radical (unpaired) electrons. The third-order valence-corrected chi connectivity index (χ3v) is 4.97. The molecule has 1 aliphatic heterocycles. The van der Waals surface area contributed by atoms with Gasteiger partial charge in [-0.1, -0.05) is 6.07 Å². The van der Waals surface area contributed by atoms with Gasteiger partial charge in [-0.3, -0.25) is 4.79 Å². The largest absolute Gasteiger partial charge is 0.376 e. The summed E-state index contributed by atoms with van der Waals surface area (Å²) in [4.78, 5) is 17.7. The highest BCUT2D eigenvalue weighted by Crippen LogP contribution is 2.29. The van der Waals surface area contributed by atoms with E-state index in [1.54, 1.807) is 0 Å². The standard InChI is InChI=1S/C17H28N2O2S/c1-17(2)12-14(7-10-21-17)13-19(9-8-18(3)4)16(20)15-6-5-11-22-15/h5-6,11,14H,7-10,12-13H2,1-4H3. The van der Waals surface area contributed by atoms with Crippen molar-refractivity contribution < 1.29 is 9.53 Å². The maximum Gasteiger partial charge on any atom is 0.263 e. The van der Waals surface area contributed by atoms with Crippen LogP contribution in [0.3, 0.4) is 0 Å². The van der Waals surface area contributed by atoms with E-state index in [1.807, 2.05) is 36.5 Å². The fourth-order valence-corrected chi connectivity index (χ4v) is 3.67. The van der Waals surface area contributed by atoms with Crippen molar-refractivity contribution in [2.24, 2.45) is 5.92 Å². The summed E-state index contributed by atoms with van der Waals surface area (Å²) in [5, 5.41) is 1.97. The number of likely N-dealkylation sites (N-methyl/N-ethyl adjacent to an activating group) is 1. The number of rotatable bonds is 6. The molecule has 2 rings (SSSR count). The molecule has 2 heterocycles. The van der Waals surface area contributed by atoms with E-state index < -0.39 is 0 Å². The van der Waals surface area contributed by atoms with Gasteiger partial charge in [0.2, 0.25) is 0 Å². The monoisotopic (exact) mass is 324 g/mol. The van der Waals surface area contributed by atoms with Crippen LogP contribution in [0.2, 0.25) is 0 Å². The number of amides is 1. The number of carbonyl (C=O) groups excluding carboxylic acids is 1. The number of ether oxygens (including phenoxy) is 1. The van der Waals surface area contributed by atoms with Crippen LogP contribution < -0.4 is 0 Å². The minimum absolute atomic E-state index is 0.0673. The Morgan fingerprint density at radius 1 is 1.41 bits per heavy atom. The smallest absolute Gasteiger partial charge is 0.263 e. The van der Waals surface area contributed by atoms with Crippen LogP contribution in [0.1, 0.15) is 36.4 Å². The van der Waals surface area contributed by atoms with Crippen LogP contribution >= 0.6 is 11.3 Å². The Hall–Kier alpha value is -0.910. The quantitative estimate of drug-likeness (QED) is 0.806. The van der Waals surface area contributed by atoms with Gasteiger partial charge >= 0.3 is 0 Å². The van der Waals surface area contributed by atoms with Crippen molar-refractivity contribution >= 4 is 17.2 Å². The second-order valence-electron chi connectivity index (χ2n) is 7.00. The number of carbonyl (C=O) groups is 1. The van der Waals surface area contributed by atoms with Crippen molar-refractivity contribution in [2.75, 3.05) is 40.3 Å². The van der Waals surface area contributed by atoms with Gasteiger partial charge in [0.05, 0.1) is 10.5 Å². The van der Waals surface area contributed by atoms with Gasteiger partial charge in [-0.05, 0) is 58.1 Å². The van der Waals surface area contributed by atoms with Gasteiger partial charge in [-0.2, -0.15) is 0 Å². The van der Waals surface area contributed by atoms with Crippen molar-refractivity contribution in [3.63, 3.8) is 0 Å². The molecule has 1 atom stereocenters. The SMILES string of the molecule is CN(C)CCN(CC1CCOC(C)(C)C1)C(=O)c1cccs1. The Bertz CT molecular complexity index is 471. The molecule has 124 valence electrons. The van der Waals surface area contributed by atoms with Crippen molar-refractivity contribution in [2.45, 2.75) is 32.3 Å². The highest BCUT2D eigenvalue weighted by molar-refractivity contribution is 7.12. The van der Waals surface area contributed by atoms with Crippen LogP contribution in [0, 0.1) is 5.92 Å². The van der Waals surface area contributed by atoms with Crippen LogP contribution in [0.5, 0.6) is 0 Å². The molecule has 22 heavy (non-hydrogen) atoms. The van der Waals surface area contributed by atoms with Crippen LogP contribution in [0.15, 0.2) is 17.5 Å². The summed E-state index contributed by atoms with van der Waals surface area (Å²) in [6.45, 7) is 7.59. The van der Waals surface area contributed by atoms with Crippen LogP contribution in [-0.2, 0) is 4.74 Å². The lowest BCUT2D eigenvalue weighted by Crippen LogP contribution is -2.43. The van der Waals surface area contributed by atoms with E-state index in [4.69, 9.17) is 4.74 Å². The third kappa shape index (κ3) is 5.07. The van der Waals surface area contributed by atoms with Crippen LogP contribution in [0.4, 0.5) is 0 Å². The van der Waals surface area contributed by atoms with Crippen molar-refractivity contribution in [3.8, 4) is 0 Å². The van der Waals surface area contributed by atoms with Gasteiger partial charge in [-0.15, -0.1) is 11.3 Å². The first-order chi connectivity index (χ1) is 10.4. The van der Waals surface area contributed by atoms with Gasteiger partial charge in [-0.25, -0.2) is 0 Å². The van der Waals surface area contributed by atoms with Gasteiger partial charge in [0, 0.05) is 26.2 Å². The zero-order valence-corrected chi connectivity index (χ0v) is 15.0. The number of hydrogen-bond donors (Lipinski definition) is 0. The lowest BCUT2D eigenvalue weighted by molar-refractivity contribution is -0.0757. The summed E-state index contributed by atoms with van der Waals surface area (Å²) >= 11 is 1.53. The van der Waals surface area contributed by atoms with Gasteiger partial charge in [0.1, 0.15) is 0 Å². The molecule has 1 aliphatic rings. The predicted molar refractivity (Wildman–Crippen MR) is 91.5 cm³/mol. The molecule has 1 fully saturated rings. The molecule has 0 aromatic carbocycles. The van der Waals surface area contributed by atoms with E-state index in [0.29, 0.717) is 5.92 Å². The fraction of sp³-hybridized carbons (Fsp3) is 0.706. The predicted octanol–water partition coefficient (Wildman–Crippen LogP) is 2.96. The van der Waals surface area contributed by atoms with E-state index >= 15 is 0 Å². The van der Waals surface area contributed by atoms with Gasteiger partial charge in [0.15, 0.2) is 0 Å². The number of hydrogen-bond acceptors (Lipinski definition) is 4. The van der Waals surface area contributed by atoms with Crippen molar-refractivity contribution in [1.29, 1.82) is 0 Å².